The molecule has 636 valence electrons. The zero-order valence-corrected chi connectivity index (χ0v) is 73.1. The van der Waals surface area contributed by atoms with Crippen LogP contribution in [0.1, 0.15) is 77.9 Å². The molecule has 0 fully saturated rings. The Bertz CT molecular complexity index is 8090. The van der Waals surface area contributed by atoms with Gasteiger partial charge < -0.3 is 28.1 Å². The topological polar surface area (TPSA) is 51.2 Å². The van der Waals surface area contributed by atoms with E-state index in [1.54, 1.807) is 24.3 Å². The Morgan fingerprint density at radius 1 is 0.222 bits per heavy atom. The molecule has 2 atom stereocenters. The van der Waals surface area contributed by atoms with Gasteiger partial charge >= 0.3 is 0 Å². The Hall–Kier alpha value is -17.5. The third kappa shape index (κ3) is 12.0. The van der Waals surface area contributed by atoms with Crippen LogP contribution in [0.5, 0.6) is 23.0 Å². The highest BCUT2D eigenvalue weighted by molar-refractivity contribution is 6.11. The fourth-order valence-electron chi connectivity index (χ4n) is 22.8. The van der Waals surface area contributed by atoms with Crippen LogP contribution in [0.4, 0.5) is 42.9 Å². The summed E-state index contributed by atoms with van der Waals surface area (Å²) in [7, 11) is 0. The lowest BCUT2D eigenvalue weighted by Gasteiger charge is -2.35. The molecule has 0 bridgehead atoms. The largest absolute Gasteiger partial charge is 0.457 e. The first-order chi connectivity index (χ1) is 66.6. The van der Waals surface area contributed by atoms with Gasteiger partial charge in [-0.1, -0.05) is 316 Å². The highest BCUT2D eigenvalue weighted by atomic mass is 19.1. The van der Waals surface area contributed by atoms with Crippen LogP contribution < -0.4 is 19.3 Å². The maximum atomic E-state index is 15.8. The smallest absolute Gasteiger partial charge is 0.143 e. The van der Waals surface area contributed by atoms with E-state index in [4.69, 9.17) is 18.3 Å². The summed E-state index contributed by atoms with van der Waals surface area (Å²) in [6.45, 7) is 7.95. The SMILES string of the molecule is C=Cc1ccc(Oc2ccc(C3(c4ccc(F)cc4)c4ccccc4-c4ccc(N(c5ccc(-c6cccc7c6oc6ccccc67)cc5)c5ccc6c(c5)C5(c7ccccc7-6)c6ccccc6-c6ccc(N(c7ccc(-c8cccc9c8oc8ccccc89)cc7)c7ccc8c(c7)C(c7ccc(F)cc7)(c7ccc(Oc9ccc(C=C)cc9)cc7)c7ccccc7-8)cc65)cc43)cc2)cc1. The average Bonchev–Trinajstić information content (AvgIpc) is 1.51. The summed E-state index contributed by atoms with van der Waals surface area (Å²) in [6.07, 6.45) is 3.65. The molecule has 1 spiro atoms. The number of fused-ring (bicyclic) bond motifs is 22. The highest BCUT2D eigenvalue weighted by Crippen LogP contribution is 2.66. The van der Waals surface area contributed by atoms with Crippen molar-refractivity contribution in [2.45, 2.75) is 16.2 Å². The molecule has 22 aromatic rings. The van der Waals surface area contributed by atoms with E-state index in [1.165, 1.54) is 11.1 Å². The van der Waals surface area contributed by atoms with Crippen LogP contribution in [-0.2, 0) is 16.2 Å². The molecule has 0 aliphatic heterocycles. The third-order valence-corrected chi connectivity index (χ3v) is 28.7. The van der Waals surface area contributed by atoms with Gasteiger partial charge in [-0.2, -0.15) is 0 Å². The van der Waals surface area contributed by atoms with Crippen LogP contribution in [-0.4, -0.2) is 0 Å². The molecular weight excluding hydrogens is 1660 g/mol. The van der Waals surface area contributed by atoms with Gasteiger partial charge in [-0.05, 0) is 291 Å². The van der Waals surface area contributed by atoms with E-state index >= 15 is 8.78 Å². The Morgan fingerprint density at radius 2 is 0.481 bits per heavy atom. The van der Waals surface area contributed by atoms with E-state index in [2.05, 4.69) is 326 Å². The Balaban J connectivity index is 0.677. The lowest BCUT2D eigenvalue weighted by atomic mass is 9.67. The van der Waals surface area contributed by atoms with Gasteiger partial charge in [-0.3, -0.25) is 0 Å². The summed E-state index contributed by atoms with van der Waals surface area (Å²) in [5, 5.41) is 4.25. The van der Waals surface area contributed by atoms with Crippen LogP contribution in [0.15, 0.2) is 471 Å². The number of furan rings is 2. The molecule has 0 N–H and O–H groups in total. The van der Waals surface area contributed by atoms with Crippen LogP contribution in [0.2, 0.25) is 0 Å². The van der Waals surface area contributed by atoms with Crippen molar-refractivity contribution in [3.05, 3.63) is 552 Å². The van der Waals surface area contributed by atoms with Crippen molar-refractivity contribution in [3.8, 4) is 89.8 Å². The number of halogens is 2. The van der Waals surface area contributed by atoms with E-state index in [-0.39, 0.29) is 11.6 Å². The predicted molar refractivity (Wildman–Crippen MR) is 545 cm³/mol. The van der Waals surface area contributed by atoms with E-state index < -0.39 is 16.2 Å². The molecule has 0 radical (unpaired) electrons. The van der Waals surface area contributed by atoms with Gasteiger partial charge in [-0.15, -0.1) is 0 Å². The van der Waals surface area contributed by atoms with Crippen molar-refractivity contribution >= 4 is 90.2 Å². The summed E-state index contributed by atoms with van der Waals surface area (Å²) in [6, 6.07) is 158. The van der Waals surface area contributed by atoms with Crippen LogP contribution in [0.25, 0.3) is 123 Å². The number of nitrogens with zero attached hydrogens (tertiary/aromatic N) is 2. The van der Waals surface area contributed by atoms with Gasteiger partial charge in [0.1, 0.15) is 57.0 Å². The minimum absolute atomic E-state index is 0.321. The zero-order valence-electron chi connectivity index (χ0n) is 73.1. The standard InChI is InChI=1S/C127H80F2N2O4/c1-3-79-35-63-95(64-36-79)132-97-67-47-85(48-68-97)125(83-43-51-87(128)52-44-83)113-29-11-5-19-101(113)105-71-59-91(75-117(105)125)130(89-55-39-81(40-56-89)99-25-17-27-111-109-23-9-15-33-121(109)134-123(99)111)93-61-73-107-103-21-7-13-31-115(103)127(119(107)77-93)116-32-14-8-22-104(116)108-74-62-94(78-120(108)127)131(90-57-41-82(42-58-90)100-26-18-28-112-110-24-10-16-34-122(110)135-124(100)112)92-60-72-106-102-20-6-12-30-114(102)126(118(106)76-92,84-45-53-88(129)54-46-84)86-49-69-98(70-50-86)133-96-65-37-80(4-2)38-66-96/h3-78H,1-2H2. The molecule has 2 unspecified atom stereocenters. The van der Waals surface area contributed by atoms with Crippen molar-refractivity contribution < 1.29 is 27.1 Å². The molecule has 0 amide bonds. The van der Waals surface area contributed by atoms with Crippen molar-refractivity contribution in [1.82, 2.24) is 0 Å². The Morgan fingerprint density at radius 3 is 0.815 bits per heavy atom. The molecule has 20 aromatic carbocycles. The molecule has 26 rings (SSSR count). The highest BCUT2D eigenvalue weighted by Gasteiger charge is 2.54. The maximum Gasteiger partial charge on any atom is 0.143 e. The van der Waals surface area contributed by atoms with Gasteiger partial charge in [0.05, 0.1) is 16.2 Å². The van der Waals surface area contributed by atoms with E-state index in [0.717, 1.165) is 212 Å². The number of hydrogen-bond acceptors (Lipinski definition) is 6. The lowest BCUT2D eigenvalue weighted by molar-refractivity contribution is 0.482. The second-order valence-corrected chi connectivity index (χ2v) is 35.5. The van der Waals surface area contributed by atoms with Crippen molar-refractivity contribution in [2.75, 3.05) is 9.80 Å². The van der Waals surface area contributed by atoms with Gasteiger partial charge in [0.15, 0.2) is 0 Å². The monoisotopic (exact) mass is 1730 g/mol. The van der Waals surface area contributed by atoms with E-state index in [0.29, 0.717) is 23.0 Å². The predicted octanol–water partition coefficient (Wildman–Crippen LogP) is 34.0. The summed E-state index contributed by atoms with van der Waals surface area (Å²) in [5.74, 6) is 2.13. The van der Waals surface area contributed by atoms with E-state index in [9.17, 15) is 0 Å². The van der Waals surface area contributed by atoms with Crippen LogP contribution in [0, 0.1) is 11.6 Å². The third-order valence-electron chi connectivity index (χ3n) is 28.7. The first-order valence-electron chi connectivity index (χ1n) is 45.7. The Labute approximate surface area is 779 Å². The molecule has 2 aromatic heterocycles. The molecule has 2 heterocycles. The number of ether oxygens (including phenoxy) is 2. The van der Waals surface area contributed by atoms with Crippen molar-refractivity contribution in [1.29, 1.82) is 0 Å². The minimum atomic E-state index is -0.960. The zero-order chi connectivity index (χ0) is 89.8. The lowest BCUT2D eigenvalue weighted by Crippen LogP contribution is -2.29. The van der Waals surface area contributed by atoms with Gasteiger partial charge in [0.25, 0.3) is 0 Å². The fourth-order valence-corrected chi connectivity index (χ4v) is 22.8. The van der Waals surface area contributed by atoms with Crippen molar-refractivity contribution in [2.24, 2.45) is 0 Å². The molecule has 0 saturated carbocycles. The number of para-hydroxylation sites is 4. The molecule has 4 aliphatic rings. The van der Waals surface area contributed by atoms with Gasteiger partial charge in [0, 0.05) is 66.8 Å². The molecular formula is C127H80F2N2O4. The van der Waals surface area contributed by atoms with Crippen LogP contribution in [0.3, 0.4) is 0 Å². The van der Waals surface area contributed by atoms with Gasteiger partial charge in [0.2, 0.25) is 0 Å². The average molecular weight is 1740 g/mol. The summed E-state index contributed by atoms with van der Waals surface area (Å²) < 4.78 is 58.3. The molecule has 0 saturated heterocycles. The molecule has 4 aliphatic carbocycles. The normalized spacial score (nSPS) is 15.5. The number of anilines is 6. The fraction of sp³-hybridized carbons (Fsp3) is 0.0236. The number of hydrogen-bond donors (Lipinski definition) is 0. The summed E-state index contributed by atoms with van der Waals surface area (Å²) in [4.78, 5) is 4.86. The summed E-state index contributed by atoms with van der Waals surface area (Å²) in [5.41, 5.74) is 33.6. The quantitative estimate of drug-likeness (QED) is 0.0853. The second-order valence-electron chi connectivity index (χ2n) is 35.5. The maximum absolute atomic E-state index is 15.8. The van der Waals surface area contributed by atoms with Crippen molar-refractivity contribution in [3.63, 3.8) is 0 Å². The van der Waals surface area contributed by atoms with Gasteiger partial charge in [-0.25, -0.2) is 8.78 Å². The number of benzene rings is 20. The molecule has 8 heteroatoms. The molecule has 6 nitrogen and oxygen atoms in total. The van der Waals surface area contributed by atoms with Crippen LogP contribution >= 0.6 is 0 Å². The first-order valence-corrected chi connectivity index (χ1v) is 45.7. The minimum Gasteiger partial charge on any atom is -0.457 e. The molecule has 135 heavy (non-hydrogen) atoms. The van der Waals surface area contributed by atoms with E-state index in [1.807, 2.05) is 133 Å². The second kappa shape index (κ2) is 30.9. The Kier molecular flexibility index (Phi) is 18.0. The number of rotatable bonds is 18. The summed E-state index contributed by atoms with van der Waals surface area (Å²) >= 11 is 0. The first kappa shape index (κ1) is 78.6.